The van der Waals surface area contributed by atoms with E-state index in [2.05, 4.69) is 10.3 Å². The van der Waals surface area contributed by atoms with E-state index in [1.807, 2.05) is 20.8 Å². The molecule has 0 aliphatic heterocycles. The lowest BCUT2D eigenvalue weighted by molar-refractivity contribution is 0.0915. The number of benzene rings is 1. The second kappa shape index (κ2) is 4.37. The largest absolute Gasteiger partial charge is 0.346 e. The first-order valence-electron chi connectivity index (χ1n) is 5.74. The minimum absolute atomic E-state index is 0.228. The number of hydrogen-bond donors (Lipinski definition) is 1. The average molecular weight is 246 g/mol. The lowest BCUT2D eigenvalue weighted by atomic mass is 10.1. The molecule has 0 bridgehead atoms. The zero-order valence-electron chi connectivity index (χ0n) is 10.6. The van der Waals surface area contributed by atoms with Crippen molar-refractivity contribution in [3.8, 4) is 0 Å². The lowest BCUT2D eigenvalue weighted by Crippen LogP contribution is -2.40. The molecule has 4 heteroatoms. The molecule has 0 saturated carbocycles. The fraction of sp³-hybridized carbons (Fsp3) is 0.286. The molecule has 18 heavy (non-hydrogen) atoms. The smallest absolute Gasteiger partial charge is 0.270 e. The van der Waals surface area contributed by atoms with Crippen molar-refractivity contribution in [2.45, 2.75) is 26.3 Å². The Balaban J connectivity index is 2.36. The van der Waals surface area contributed by atoms with Gasteiger partial charge in [-0.1, -0.05) is 6.07 Å². The molecule has 0 atom stereocenters. The zero-order chi connectivity index (χ0) is 13.3. The van der Waals surface area contributed by atoms with Crippen molar-refractivity contribution in [1.29, 1.82) is 0 Å². The normalized spacial score (nSPS) is 11.6. The Hall–Kier alpha value is -1.97. The van der Waals surface area contributed by atoms with Crippen LogP contribution in [0.1, 0.15) is 31.3 Å². The first-order chi connectivity index (χ1) is 8.35. The molecule has 1 aromatic carbocycles. The molecule has 0 fully saturated rings. The summed E-state index contributed by atoms with van der Waals surface area (Å²) in [4.78, 5) is 16.1. The van der Waals surface area contributed by atoms with Crippen molar-refractivity contribution in [3.63, 3.8) is 0 Å². The Morgan fingerprint density at radius 1 is 1.22 bits per heavy atom. The molecule has 1 heterocycles. The van der Waals surface area contributed by atoms with Gasteiger partial charge in [0.15, 0.2) is 0 Å². The van der Waals surface area contributed by atoms with Gasteiger partial charge in [-0.3, -0.25) is 4.79 Å². The van der Waals surface area contributed by atoms with Crippen LogP contribution in [0.2, 0.25) is 0 Å². The second-order valence-electron chi connectivity index (χ2n) is 5.24. The van der Waals surface area contributed by atoms with Crippen LogP contribution in [-0.2, 0) is 0 Å². The summed E-state index contributed by atoms with van der Waals surface area (Å²) < 4.78 is 13.0. The predicted octanol–water partition coefficient (Wildman–Crippen LogP) is 2.90. The topological polar surface area (TPSA) is 42.0 Å². The van der Waals surface area contributed by atoms with Gasteiger partial charge >= 0.3 is 0 Å². The zero-order valence-corrected chi connectivity index (χ0v) is 10.6. The summed E-state index contributed by atoms with van der Waals surface area (Å²) >= 11 is 0. The molecule has 1 N–H and O–H groups in total. The maximum atomic E-state index is 13.0. The Labute approximate surface area is 105 Å². The van der Waals surface area contributed by atoms with Crippen LogP contribution in [-0.4, -0.2) is 16.4 Å². The number of nitrogens with one attached hydrogen (secondary N) is 1. The highest BCUT2D eigenvalue weighted by molar-refractivity contribution is 5.95. The second-order valence-corrected chi connectivity index (χ2v) is 5.24. The molecule has 0 aliphatic carbocycles. The minimum Gasteiger partial charge on any atom is -0.346 e. The standard InChI is InChI=1S/C14H15FN2O/c1-14(2,3)17-13(18)12-6-4-9-8-10(15)5-7-11(9)16-12/h4-8H,1-3H3,(H,17,18). The third-order valence-corrected chi connectivity index (χ3v) is 2.37. The Kier molecular flexibility index (Phi) is 3.03. The Bertz CT molecular complexity index is 602. The van der Waals surface area contributed by atoms with Crippen molar-refractivity contribution >= 4 is 16.8 Å². The van der Waals surface area contributed by atoms with Crippen molar-refractivity contribution in [3.05, 3.63) is 41.8 Å². The average Bonchev–Trinajstić information content (AvgIpc) is 2.26. The van der Waals surface area contributed by atoms with Gasteiger partial charge < -0.3 is 5.32 Å². The highest BCUT2D eigenvalue weighted by atomic mass is 19.1. The van der Waals surface area contributed by atoms with Crippen LogP contribution in [0.5, 0.6) is 0 Å². The van der Waals surface area contributed by atoms with Crippen LogP contribution in [0.25, 0.3) is 10.9 Å². The summed E-state index contributed by atoms with van der Waals surface area (Å²) in [5, 5.41) is 3.52. The van der Waals surface area contributed by atoms with Gasteiger partial charge in [-0.25, -0.2) is 9.37 Å². The summed E-state index contributed by atoms with van der Waals surface area (Å²) in [5.74, 6) is -0.537. The van der Waals surface area contributed by atoms with Gasteiger partial charge in [-0.15, -0.1) is 0 Å². The number of carbonyl (C=O) groups is 1. The molecule has 0 spiro atoms. The van der Waals surface area contributed by atoms with Gasteiger partial charge in [-0.2, -0.15) is 0 Å². The van der Waals surface area contributed by atoms with E-state index in [9.17, 15) is 9.18 Å². The lowest BCUT2D eigenvalue weighted by Gasteiger charge is -2.20. The molecular weight excluding hydrogens is 231 g/mol. The first-order valence-corrected chi connectivity index (χ1v) is 5.74. The summed E-state index contributed by atoms with van der Waals surface area (Å²) in [5.41, 5.74) is 0.637. The van der Waals surface area contributed by atoms with Crippen LogP contribution in [0, 0.1) is 5.82 Å². The maximum Gasteiger partial charge on any atom is 0.270 e. The molecular formula is C14H15FN2O. The minimum atomic E-state index is -0.309. The van der Waals surface area contributed by atoms with Crippen LogP contribution >= 0.6 is 0 Å². The van der Waals surface area contributed by atoms with Crippen LogP contribution in [0.15, 0.2) is 30.3 Å². The fourth-order valence-electron chi connectivity index (χ4n) is 1.63. The van der Waals surface area contributed by atoms with Crippen LogP contribution in [0.3, 0.4) is 0 Å². The molecule has 0 radical (unpaired) electrons. The summed E-state index contributed by atoms with van der Waals surface area (Å²) in [6.07, 6.45) is 0. The molecule has 2 rings (SSSR count). The Morgan fingerprint density at radius 3 is 2.61 bits per heavy atom. The van der Waals surface area contributed by atoms with E-state index >= 15 is 0 Å². The molecule has 1 amide bonds. The highest BCUT2D eigenvalue weighted by Gasteiger charge is 2.16. The van der Waals surface area contributed by atoms with Gasteiger partial charge in [0.05, 0.1) is 5.52 Å². The molecule has 3 nitrogen and oxygen atoms in total. The molecule has 0 aliphatic rings. The number of nitrogens with zero attached hydrogens (tertiary/aromatic N) is 1. The van der Waals surface area contributed by atoms with Crippen molar-refractivity contribution in [2.24, 2.45) is 0 Å². The van der Waals surface area contributed by atoms with E-state index in [0.29, 0.717) is 16.6 Å². The highest BCUT2D eigenvalue weighted by Crippen LogP contribution is 2.14. The Morgan fingerprint density at radius 2 is 1.94 bits per heavy atom. The van der Waals surface area contributed by atoms with Gasteiger partial charge in [0.1, 0.15) is 11.5 Å². The van der Waals surface area contributed by atoms with E-state index in [1.54, 1.807) is 18.2 Å². The monoisotopic (exact) mass is 246 g/mol. The molecule has 2 aromatic rings. The molecule has 0 unspecified atom stereocenters. The molecule has 0 saturated heterocycles. The molecule has 94 valence electrons. The van der Waals surface area contributed by atoms with Crippen molar-refractivity contribution < 1.29 is 9.18 Å². The number of halogens is 1. The number of amides is 1. The van der Waals surface area contributed by atoms with Gasteiger partial charge in [-0.05, 0) is 45.0 Å². The van der Waals surface area contributed by atoms with E-state index in [1.165, 1.54) is 12.1 Å². The number of hydrogen-bond acceptors (Lipinski definition) is 2. The fourth-order valence-corrected chi connectivity index (χ4v) is 1.63. The summed E-state index contributed by atoms with van der Waals surface area (Å²) in [6, 6.07) is 7.60. The van der Waals surface area contributed by atoms with Crippen LogP contribution < -0.4 is 5.32 Å². The summed E-state index contributed by atoms with van der Waals surface area (Å²) in [7, 11) is 0. The number of carbonyl (C=O) groups excluding carboxylic acids is 1. The maximum absolute atomic E-state index is 13.0. The van der Waals surface area contributed by atoms with Crippen molar-refractivity contribution in [2.75, 3.05) is 0 Å². The van der Waals surface area contributed by atoms with Crippen LogP contribution in [0.4, 0.5) is 4.39 Å². The van der Waals surface area contributed by atoms with E-state index in [-0.39, 0.29) is 17.3 Å². The van der Waals surface area contributed by atoms with E-state index in [4.69, 9.17) is 0 Å². The SMILES string of the molecule is CC(C)(C)NC(=O)c1ccc2cc(F)ccc2n1. The van der Waals surface area contributed by atoms with Gasteiger partial charge in [0, 0.05) is 10.9 Å². The predicted molar refractivity (Wildman–Crippen MR) is 68.9 cm³/mol. The van der Waals surface area contributed by atoms with Gasteiger partial charge in [0.25, 0.3) is 5.91 Å². The quantitative estimate of drug-likeness (QED) is 0.840. The third-order valence-electron chi connectivity index (χ3n) is 2.37. The first kappa shape index (κ1) is 12.5. The number of fused-ring (bicyclic) bond motifs is 1. The van der Waals surface area contributed by atoms with Crippen molar-refractivity contribution in [1.82, 2.24) is 10.3 Å². The molecule has 1 aromatic heterocycles. The third kappa shape index (κ3) is 2.83. The summed E-state index contributed by atoms with van der Waals surface area (Å²) in [6.45, 7) is 5.71. The van der Waals surface area contributed by atoms with E-state index < -0.39 is 0 Å². The van der Waals surface area contributed by atoms with Gasteiger partial charge in [0.2, 0.25) is 0 Å². The number of pyridine rings is 1. The number of aromatic nitrogens is 1. The van der Waals surface area contributed by atoms with E-state index in [0.717, 1.165) is 0 Å². The number of rotatable bonds is 1.